The van der Waals surface area contributed by atoms with Crippen molar-refractivity contribution in [2.45, 2.75) is 109 Å². The third-order valence-electron chi connectivity index (χ3n) is 4.38. The van der Waals surface area contributed by atoms with Crippen molar-refractivity contribution in [3.8, 4) is 0 Å². The Hall–Kier alpha value is -0.770. The third kappa shape index (κ3) is 19.2. The number of unbranched alkanes of at least 4 members (excludes halogenated alkanes) is 11. The van der Waals surface area contributed by atoms with Gasteiger partial charge in [-0.2, -0.15) is 0 Å². The molecule has 0 aromatic rings. The second-order valence-corrected chi connectivity index (χ2v) is 6.71. The molecule has 4 nitrogen and oxygen atoms in total. The number of nitrogens with one attached hydrogen (secondary N) is 1. The molecule has 0 aromatic carbocycles. The van der Waals surface area contributed by atoms with Gasteiger partial charge in [0.1, 0.15) is 0 Å². The van der Waals surface area contributed by atoms with Gasteiger partial charge in [-0.15, -0.1) is 0 Å². The molecule has 1 amide bonds. The average molecular weight is 330 g/mol. The van der Waals surface area contributed by atoms with Gasteiger partial charge in [-0.25, -0.2) is 4.79 Å². The molecule has 0 radical (unpaired) electrons. The van der Waals surface area contributed by atoms with E-state index in [2.05, 4.69) is 12.2 Å². The number of rotatable bonds is 17. The molecule has 0 heterocycles. The van der Waals surface area contributed by atoms with E-state index < -0.39 is 6.09 Å². The fourth-order valence-electron chi connectivity index (χ4n) is 2.89. The number of carbonyl (C=O) groups is 1. The molecular formula is C19H39NO3. The molecule has 0 bridgehead atoms. The average Bonchev–Trinajstić information content (AvgIpc) is 2.52. The first-order valence-corrected chi connectivity index (χ1v) is 9.81. The predicted molar refractivity (Wildman–Crippen MR) is 97.0 cm³/mol. The highest BCUT2D eigenvalue weighted by molar-refractivity contribution is 5.64. The van der Waals surface area contributed by atoms with Crippen molar-refractivity contribution < 1.29 is 15.0 Å². The summed E-state index contributed by atoms with van der Waals surface area (Å²) in [5.74, 6) is 0. The van der Waals surface area contributed by atoms with Crippen LogP contribution in [0.5, 0.6) is 0 Å². The Morgan fingerprint density at radius 3 is 1.70 bits per heavy atom. The quantitative estimate of drug-likeness (QED) is 0.309. The normalized spacial score (nSPS) is 12.3. The summed E-state index contributed by atoms with van der Waals surface area (Å²) in [7, 11) is 0. The maximum atomic E-state index is 10.3. The molecule has 0 aromatic heterocycles. The zero-order valence-corrected chi connectivity index (χ0v) is 15.2. The molecule has 23 heavy (non-hydrogen) atoms. The molecule has 0 unspecified atom stereocenters. The lowest BCUT2D eigenvalue weighted by Crippen LogP contribution is -2.21. The summed E-state index contributed by atoms with van der Waals surface area (Å²) < 4.78 is 0. The van der Waals surface area contributed by atoms with E-state index in [1.807, 2.05) is 0 Å². The van der Waals surface area contributed by atoms with Gasteiger partial charge in [0.2, 0.25) is 0 Å². The number of hydrogen-bond acceptors (Lipinski definition) is 2. The van der Waals surface area contributed by atoms with Crippen LogP contribution < -0.4 is 5.32 Å². The van der Waals surface area contributed by atoms with Crippen molar-refractivity contribution in [2.75, 3.05) is 6.54 Å². The van der Waals surface area contributed by atoms with Crippen LogP contribution in [0.4, 0.5) is 4.79 Å². The van der Waals surface area contributed by atoms with Gasteiger partial charge >= 0.3 is 6.09 Å². The smallest absolute Gasteiger partial charge is 0.404 e. The number of aliphatic hydroxyl groups excluding tert-OH is 1. The van der Waals surface area contributed by atoms with Gasteiger partial charge in [-0.1, -0.05) is 84.0 Å². The van der Waals surface area contributed by atoms with Crippen LogP contribution in [0.3, 0.4) is 0 Å². The number of hydrogen-bond donors (Lipinski definition) is 3. The third-order valence-corrected chi connectivity index (χ3v) is 4.38. The molecule has 0 fully saturated rings. The second kappa shape index (κ2) is 17.6. The molecule has 1 atom stereocenters. The first kappa shape index (κ1) is 22.2. The van der Waals surface area contributed by atoms with Crippen molar-refractivity contribution in [1.29, 1.82) is 0 Å². The summed E-state index contributed by atoms with van der Waals surface area (Å²) in [5, 5.41) is 20.7. The second-order valence-electron chi connectivity index (χ2n) is 6.71. The Labute approximate surface area is 143 Å². The SMILES string of the molecule is CCCCCC[C@@H](O)CCCCCCCCCCCNC(=O)O. The van der Waals surface area contributed by atoms with Crippen LogP contribution in [0, 0.1) is 0 Å². The molecule has 0 saturated carbocycles. The van der Waals surface area contributed by atoms with Gasteiger partial charge in [-0.05, 0) is 19.3 Å². The minimum absolute atomic E-state index is 0.0775. The van der Waals surface area contributed by atoms with Gasteiger partial charge in [0, 0.05) is 6.54 Å². The fraction of sp³-hybridized carbons (Fsp3) is 0.947. The Bertz CT molecular complexity index is 259. The van der Waals surface area contributed by atoms with Crippen molar-refractivity contribution in [3.63, 3.8) is 0 Å². The molecule has 0 aliphatic rings. The number of carboxylic acid groups (broad SMARTS) is 1. The largest absolute Gasteiger partial charge is 0.465 e. The zero-order valence-electron chi connectivity index (χ0n) is 15.2. The maximum Gasteiger partial charge on any atom is 0.404 e. The van der Waals surface area contributed by atoms with Gasteiger partial charge in [0.25, 0.3) is 0 Å². The summed E-state index contributed by atoms with van der Waals surface area (Å²) in [6.45, 7) is 2.79. The van der Waals surface area contributed by atoms with E-state index in [0.717, 1.165) is 32.1 Å². The topological polar surface area (TPSA) is 69.6 Å². The molecule has 4 heteroatoms. The van der Waals surface area contributed by atoms with E-state index in [1.165, 1.54) is 64.2 Å². The van der Waals surface area contributed by atoms with E-state index in [9.17, 15) is 9.90 Å². The molecule has 0 rings (SSSR count). The van der Waals surface area contributed by atoms with Crippen LogP contribution >= 0.6 is 0 Å². The molecule has 0 spiro atoms. The van der Waals surface area contributed by atoms with Gasteiger partial charge in [0.15, 0.2) is 0 Å². The molecule has 3 N–H and O–H groups in total. The van der Waals surface area contributed by atoms with Crippen molar-refractivity contribution in [1.82, 2.24) is 5.32 Å². The highest BCUT2D eigenvalue weighted by Gasteiger charge is 2.03. The number of aliphatic hydroxyl groups is 1. The van der Waals surface area contributed by atoms with Gasteiger partial charge < -0.3 is 15.5 Å². The summed E-state index contributed by atoms with van der Waals surface area (Å²) >= 11 is 0. The Balaban J connectivity index is 3.11. The highest BCUT2D eigenvalue weighted by atomic mass is 16.4. The fourth-order valence-corrected chi connectivity index (χ4v) is 2.89. The Morgan fingerprint density at radius 2 is 1.22 bits per heavy atom. The molecule has 0 aliphatic heterocycles. The Kier molecular flexibility index (Phi) is 17.0. The van der Waals surface area contributed by atoms with Crippen molar-refractivity contribution >= 4 is 6.09 Å². The van der Waals surface area contributed by atoms with E-state index in [0.29, 0.717) is 6.54 Å². The van der Waals surface area contributed by atoms with E-state index in [1.54, 1.807) is 0 Å². The summed E-state index contributed by atoms with van der Waals surface area (Å²) in [5.41, 5.74) is 0. The number of amides is 1. The first-order chi connectivity index (χ1) is 11.2. The summed E-state index contributed by atoms with van der Waals surface area (Å²) in [6.07, 6.45) is 16.7. The van der Waals surface area contributed by atoms with Crippen LogP contribution in [0.25, 0.3) is 0 Å². The minimum Gasteiger partial charge on any atom is -0.465 e. The molecule has 138 valence electrons. The van der Waals surface area contributed by atoms with Gasteiger partial charge in [0.05, 0.1) is 6.10 Å². The van der Waals surface area contributed by atoms with E-state index in [4.69, 9.17) is 5.11 Å². The Morgan fingerprint density at radius 1 is 0.783 bits per heavy atom. The van der Waals surface area contributed by atoms with Crippen LogP contribution in [0.1, 0.15) is 103 Å². The summed E-state index contributed by atoms with van der Waals surface area (Å²) in [6, 6.07) is 0. The van der Waals surface area contributed by atoms with Crippen molar-refractivity contribution in [3.05, 3.63) is 0 Å². The molecular weight excluding hydrogens is 290 g/mol. The monoisotopic (exact) mass is 329 g/mol. The lowest BCUT2D eigenvalue weighted by atomic mass is 10.0. The van der Waals surface area contributed by atoms with Gasteiger partial charge in [-0.3, -0.25) is 0 Å². The predicted octanol–water partition coefficient (Wildman–Crippen LogP) is 5.49. The molecule has 0 aliphatic carbocycles. The molecule has 0 saturated heterocycles. The highest BCUT2D eigenvalue weighted by Crippen LogP contribution is 2.14. The van der Waals surface area contributed by atoms with Crippen LogP contribution in [-0.4, -0.2) is 29.0 Å². The minimum atomic E-state index is -0.920. The van der Waals surface area contributed by atoms with Crippen LogP contribution in [0.2, 0.25) is 0 Å². The maximum absolute atomic E-state index is 10.3. The van der Waals surface area contributed by atoms with Crippen LogP contribution in [0.15, 0.2) is 0 Å². The first-order valence-electron chi connectivity index (χ1n) is 9.81. The summed E-state index contributed by atoms with van der Waals surface area (Å²) in [4.78, 5) is 10.3. The zero-order chi connectivity index (χ0) is 17.2. The lowest BCUT2D eigenvalue weighted by Gasteiger charge is -2.10. The van der Waals surface area contributed by atoms with Crippen molar-refractivity contribution in [2.24, 2.45) is 0 Å². The lowest BCUT2D eigenvalue weighted by molar-refractivity contribution is 0.147. The van der Waals surface area contributed by atoms with Crippen LogP contribution in [-0.2, 0) is 0 Å². The van der Waals surface area contributed by atoms with E-state index in [-0.39, 0.29) is 6.10 Å². The standard InChI is InChI=1S/C19H39NO3/c1-2-3-4-12-15-18(21)16-13-10-8-6-5-7-9-11-14-17-20-19(22)23/h18,20-21H,2-17H2,1H3,(H,22,23)/t18-/m1/s1. The van der Waals surface area contributed by atoms with E-state index >= 15 is 0 Å².